The van der Waals surface area contributed by atoms with Crippen molar-refractivity contribution in [3.8, 4) is 44.5 Å². The number of anilines is 3. The second-order valence-electron chi connectivity index (χ2n) is 22.0. The van der Waals surface area contributed by atoms with Gasteiger partial charge in [0.2, 0.25) is 0 Å². The molecule has 12 aromatic rings. The molecule has 0 saturated heterocycles. The Morgan fingerprint density at radius 1 is 0.361 bits per heavy atom. The minimum Gasteiger partial charge on any atom is -0.310 e. The van der Waals surface area contributed by atoms with Gasteiger partial charge >= 0.3 is 0 Å². The summed E-state index contributed by atoms with van der Waals surface area (Å²) in [6.45, 7) is 11.7. The molecule has 2 heteroatoms. The average Bonchev–Trinajstić information content (AvgIpc) is 4.09. The molecule has 15 rings (SSSR count). The molecular formula is C70H51NS. The Labute approximate surface area is 425 Å². The van der Waals surface area contributed by atoms with Gasteiger partial charge in [-0.15, -0.1) is 11.3 Å². The van der Waals surface area contributed by atoms with Crippen LogP contribution >= 0.6 is 11.3 Å². The lowest BCUT2D eigenvalue weighted by atomic mass is 9.70. The third-order valence-electron chi connectivity index (χ3n) is 16.8. The Morgan fingerprint density at radius 2 is 0.958 bits per heavy atom. The topological polar surface area (TPSA) is 3.24 Å². The van der Waals surface area contributed by atoms with Gasteiger partial charge < -0.3 is 4.90 Å². The van der Waals surface area contributed by atoms with Crippen molar-refractivity contribution in [2.45, 2.75) is 50.9 Å². The lowest BCUT2D eigenvalue weighted by Crippen LogP contribution is -2.25. The fourth-order valence-corrected chi connectivity index (χ4v) is 14.6. The first-order valence-corrected chi connectivity index (χ1v) is 26.3. The minimum absolute atomic E-state index is 0.0543. The predicted octanol–water partition coefficient (Wildman–Crippen LogP) is 19.4. The molecule has 0 bridgehead atoms. The molecule has 11 aromatic carbocycles. The van der Waals surface area contributed by atoms with Crippen LogP contribution in [0.5, 0.6) is 0 Å². The summed E-state index contributed by atoms with van der Waals surface area (Å²) in [4.78, 5) is 2.58. The zero-order chi connectivity index (χ0) is 48.3. The molecule has 342 valence electrons. The Kier molecular flexibility index (Phi) is 8.55. The predicted molar refractivity (Wildman–Crippen MR) is 307 cm³/mol. The van der Waals surface area contributed by atoms with E-state index in [1.807, 2.05) is 11.3 Å². The normalized spacial score (nSPS) is 14.4. The molecule has 72 heavy (non-hydrogen) atoms. The molecule has 0 N–H and O–H groups in total. The third kappa shape index (κ3) is 5.59. The Morgan fingerprint density at radius 3 is 1.72 bits per heavy atom. The summed E-state index contributed by atoms with van der Waals surface area (Å²) in [5.41, 5.74) is 22.7. The van der Waals surface area contributed by atoms with E-state index in [1.165, 1.54) is 125 Å². The van der Waals surface area contributed by atoms with Gasteiger partial charge in [-0.3, -0.25) is 0 Å². The van der Waals surface area contributed by atoms with E-state index in [2.05, 4.69) is 258 Å². The zero-order valence-corrected chi connectivity index (χ0v) is 42.0. The lowest BCUT2D eigenvalue weighted by molar-refractivity contribution is 0.591. The molecule has 0 fully saturated rings. The standard InChI is InChI=1S/C70H51NS/c1-68(2,3)45-30-36-64-56(39-45)51-33-31-47(41-65(51)72-64)71(63-35-29-42-17-8-9-20-48(42)67(63)53-24-16-28-61-66(53)52-23-12-13-25-57(52)69(61,4)5)46-32-34-60-55(40-46)54-37-43-18-6-7-19-44(43)38-62(54)70(60)58-26-14-10-21-49(58)50-22-11-15-27-59(50)70/h6-41H,1-5H3. The lowest BCUT2D eigenvalue weighted by Gasteiger charge is -2.32. The van der Waals surface area contributed by atoms with Crippen molar-refractivity contribution in [2.24, 2.45) is 0 Å². The molecule has 0 atom stereocenters. The molecule has 1 heterocycles. The number of hydrogen-bond acceptors (Lipinski definition) is 2. The van der Waals surface area contributed by atoms with Crippen LogP contribution in [0.25, 0.3) is 86.2 Å². The van der Waals surface area contributed by atoms with E-state index >= 15 is 0 Å². The number of thiophene rings is 1. The molecule has 3 aliphatic carbocycles. The van der Waals surface area contributed by atoms with Crippen molar-refractivity contribution < 1.29 is 0 Å². The van der Waals surface area contributed by atoms with Crippen LogP contribution in [0.1, 0.15) is 73.6 Å². The molecule has 1 spiro atoms. The van der Waals surface area contributed by atoms with Crippen LogP contribution in [0, 0.1) is 0 Å². The molecule has 3 aliphatic rings. The van der Waals surface area contributed by atoms with Crippen LogP contribution in [0.4, 0.5) is 17.1 Å². The van der Waals surface area contributed by atoms with Gasteiger partial charge in [0.1, 0.15) is 0 Å². The van der Waals surface area contributed by atoms with Gasteiger partial charge in [0.05, 0.1) is 11.1 Å². The van der Waals surface area contributed by atoms with Crippen LogP contribution < -0.4 is 4.90 Å². The minimum atomic E-state index is -0.466. The number of rotatable bonds is 4. The SMILES string of the molecule is CC(C)(C)c1ccc2sc3cc(N(c4ccc5c(c4)-c4cc6ccccc6cc4C54c5ccccc5-c5ccccc54)c4ccc5ccccc5c4-c4cccc5c4-c4ccccc4C5(C)C)ccc3c2c1. The highest BCUT2D eigenvalue weighted by atomic mass is 32.1. The molecule has 0 aliphatic heterocycles. The first-order valence-electron chi connectivity index (χ1n) is 25.5. The van der Waals surface area contributed by atoms with Gasteiger partial charge in [-0.05, 0) is 159 Å². The molecule has 1 nitrogen and oxygen atoms in total. The summed E-state index contributed by atoms with van der Waals surface area (Å²) in [7, 11) is 0. The van der Waals surface area contributed by atoms with Crippen LogP contribution in [-0.2, 0) is 16.2 Å². The molecule has 0 amide bonds. The van der Waals surface area contributed by atoms with E-state index in [-0.39, 0.29) is 10.8 Å². The summed E-state index contributed by atoms with van der Waals surface area (Å²) >= 11 is 1.90. The molecule has 1 aromatic heterocycles. The van der Waals surface area contributed by atoms with Crippen LogP contribution in [0.15, 0.2) is 218 Å². The largest absolute Gasteiger partial charge is 0.310 e. The maximum absolute atomic E-state index is 2.58. The third-order valence-corrected chi connectivity index (χ3v) is 17.9. The van der Waals surface area contributed by atoms with Gasteiger partial charge in [0.15, 0.2) is 0 Å². The number of nitrogens with zero attached hydrogens (tertiary/aromatic N) is 1. The summed E-state index contributed by atoms with van der Waals surface area (Å²) in [5, 5.41) is 7.62. The quantitative estimate of drug-likeness (QED) is 0.170. The van der Waals surface area contributed by atoms with E-state index in [0.717, 1.165) is 17.1 Å². The number of benzene rings is 11. The average molecular weight is 938 g/mol. The second-order valence-corrected chi connectivity index (χ2v) is 23.1. The van der Waals surface area contributed by atoms with Gasteiger partial charge in [-0.2, -0.15) is 0 Å². The smallest absolute Gasteiger partial charge is 0.0725 e. The van der Waals surface area contributed by atoms with Gasteiger partial charge in [-0.1, -0.05) is 198 Å². The molecule has 0 radical (unpaired) electrons. The fraction of sp³-hybridized carbons (Fsp3) is 0.114. The van der Waals surface area contributed by atoms with Crippen molar-refractivity contribution in [1.29, 1.82) is 0 Å². The monoisotopic (exact) mass is 937 g/mol. The highest BCUT2D eigenvalue weighted by Gasteiger charge is 2.52. The highest BCUT2D eigenvalue weighted by Crippen LogP contribution is 2.64. The van der Waals surface area contributed by atoms with Gasteiger partial charge in [0.25, 0.3) is 0 Å². The van der Waals surface area contributed by atoms with E-state index in [9.17, 15) is 0 Å². The Hall–Kier alpha value is -8.04. The number of hydrogen-bond donors (Lipinski definition) is 0. The fourth-order valence-electron chi connectivity index (χ4n) is 13.4. The van der Waals surface area contributed by atoms with Gasteiger partial charge in [-0.25, -0.2) is 0 Å². The summed E-state index contributed by atoms with van der Waals surface area (Å²) < 4.78 is 2.60. The molecule has 0 saturated carbocycles. The summed E-state index contributed by atoms with van der Waals surface area (Å²) in [6, 6.07) is 83.8. The van der Waals surface area contributed by atoms with E-state index < -0.39 is 5.41 Å². The Balaban J connectivity index is 1.04. The Bertz CT molecular complexity index is 4260. The van der Waals surface area contributed by atoms with Crippen molar-refractivity contribution >= 4 is 70.1 Å². The molecular weight excluding hydrogens is 887 g/mol. The van der Waals surface area contributed by atoms with E-state index in [1.54, 1.807) is 0 Å². The van der Waals surface area contributed by atoms with Crippen LogP contribution in [0.2, 0.25) is 0 Å². The van der Waals surface area contributed by atoms with E-state index in [0.29, 0.717) is 0 Å². The zero-order valence-electron chi connectivity index (χ0n) is 41.1. The van der Waals surface area contributed by atoms with Crippen molar-refractivity contribution in [1.82, 2.24) is 0 Å². The van der Waals surface area contributed by atoms with Crippen molar-refractivity contribution in [3.63, 3.8) is 0 Å². The second kappa shape index (κ2) is 14.8. The van der Waals surface area contributed by atoms with Crippen molar-refractivity contribution in [3.05, 3.63) is 257 Å². The summed E-state index contributed by atoms with van der Waals surface area (Å²) in [6.07, 6.45) is 0. The van der Waals surface area contributed by atoms with E-state index in [4.69, 9.17) is 0 Å². The number of fused-ring (bicyclic) bond motifs is 18. The summed E-state index contributed by atoms with van der Waals surface area (Å²) in [5.74, 6) is 0. The maximum atomic E-state index is 2.58. The molecule has 0 unspecified atom stereocenters. The van der Waals surface area contributed by atoms with Crippen molar-refractivity contribution in [2.75, 3.05) is 4.90 Å². The van der Waals surface area contributed by atoms with Crippen LogP contribution in [-0.4, -0.2) is 0 Å². The maximum Gasteiger partial charge on any atom is 0.0725 e. The van der Waals surface area contributed by atoms with Gasteiger partial charge in [0, 0.05) is 42.5 Å². The highest BCUT2D eigenvalue weighted by molar-refractivity contribution is 7.25. The first-order chi connectivity index (χ1) is 35.1. The van der Waals surface area contributed by atoms with Crippen LogP contribution in [0.3, 0.4) is 0 Å². The first kappa shape index (κ1) is 41.7.